The maximum atomic E-state index is 11.4. The van der Waals surface area contributed by atoms with E-state index < -0.39 is 0 Å². The number of hydrogen-bond acceptors (Lipinski definition) is 7. The summed E-state index contributed by atoms with van der Waals surface area (Å²) in [7, 11) is 6.69. The second kappa shape index (κ2) is 9.43. The summed E-state index contributed by atoms with van der Waals surface area (Å²) in [6, 6.07) is 3.60. The summed E-state index contributed by atoms with van der Waals surface area (Å²) in [5.41, 5.74) is 1.28. The third-order valence-electron chi connectivity index (χ3n) is 5.10. The van der Waals surface area contributed by atoms with Crippen molar-refractivity contribution in [2.24, 2.45) is 18.0 Å². The molecule has 9 heteroatoms. The molecule has 30 heavy (non-hydrogen) atoms. The number of nitrogens with one attached hydrogen (secondary N) is 1. The van der Waals surface area contributed by atoms with Crippen LogP contribution in [-0.2, 0) is 16.6 Å². The smallest absolute Gasteiger partial charge is 0.257 e. The van der Waals surface area contributed by atoms with Gasteiger partial charge in [0, 0.05) is 33.0 Å². The fraction of sp³-hybridized carbons (Fsp3) is 0.429. The normalized spacial score (nSPS) is 19.0. The number of pyridine rings is 1. The number of amides is 1. The van der Waals surface area contributed by atoms with Crippen molar-refractivity contribution in [2.75, 3.05) is 27.8 Å². The van der Waals surface area contributed by atoms with E-state index in [0.717, 1.165) is 5.35 Å². The molecule has 0 aromatic carbocycles. The summed E-state index contributed by atoms with van der Waals surface area (Å²) in [4.78, 5) is 24.7. The van der Waals surface area contributed by atoms with Gasteiger partial charge in [-0.2, -0.15) is 0 Å². The van der Waals surface area contributed by atoms with Gasteiger partial charge in [0.15, 0.2) is 5.75 Å². The van der Waals surface area contributed by atoms with Crippen molar-refractivity contribution in [3.05, 3.63) is 34.9 Å². The van der Waals surface area contributed by atoms with E-state index in [0.29, 0.717) is 41.3 Å². The van der Waals surface area contributed by atoms with Crippen molar-refractivity contribution >= 4 is 24.0 Å². The minimum Gasteiger partial charge on any atom is -0.496 e. The minimum absolute atomic E-state index is 0.0659. The zero-order valence-corrected chi connectivity index (χ0v) is 17.9. The van der Waals surface area contributed by atoms with Crippen LogP contribution in [0.3, 0.4) is 0 Å². The number of carbonyl (C=O) groups excluding carboxylic acids is 1. The molecule has 2 atom stereocenters. The van der Waals surface area contributed by atoms with E-state index >= 15 is 0 Å². The fourth-order valence-corrected chi connectivity index (χ4v) is 3.21. The molecule has 1 aliphatic heterocycles. The summed E-state index contributed by atoms with van der Waals surface area (Å²) >= 11 is 0. The Hall–Kier alpha value is -3.36. The number of aromatic nitrogens is 3. The molecule has 1 N–H and O–H groups in total. The van der Waals surface area contributed by atoms with E-state index in [-0.39, 0.29) is 17.9 Å². The molecule has 0 bridgehead atoms. The Morgan fingerprint density at radius 2 is 2.17 bits per heavy atom. The van der Waals surface area contributed by atoms with E-state index in [4.69, 9.17) is 14.2 Å². The Kier molecular flexibility index (Phi) is 6.71. The van der Waals surface area contributed by atoms with Crippen LogP contribution in [0.2, 0.25) is 0 Å². The first-order valence-corrected chi connectivity index (χ1v) is 9.64. The van der Waals surface area contributed by atoms with Gasteiger partial charge in [0.1, 0.15) is 17.7 Å². The molecule has 1 saturated heterocycles. The molecular formula is C21H27N5O4. The van der Waals surface area contributed by atoms with Crippen LogP contribution in [0.4, 0.5) is 0 Å². The van der Waals surface area contributed by atoms with Crippen molar-refractivity contribution in [1.29, 1.82) is 0 Å². The SMILES string of the molecule is C\N=C(/C=c1/ncn(C)/c1=C\OC(C)C1CNC(=O)C1)c1ccc(OC)c(OC)n1. The average Bonchev–Trinajstić information content (AvgIpc) is 3.35. The summed E-state index contributed by atoms with van der Waals surface area (Å²) in [6.45, 7) is 2.60. The molecule has 2 aromatic heterocycles. The van der Waals surface area contributed by atoms with E-state index in [1.807, 2.05) is 30.7 Å². The van der Waals surface area contributed by atoms with Gasteiger partial charge in [-0.3, -0.25) is 9.79 Å². The first-order valence-electron chi connectivity index (χ1n) is 9.64. The van der Waals surface area contributed by atoms with Gasteiger partial charge in [-0.15, -0.1) is 0 Å². The van der Waals surface area contributed by atoms with E-state index in [2.05, 4.69) is 20.3 Å². The van der Waals surface area contributed by atoms with Gasteiger partial charge >= 0.3 is 0 Å². The van der Waals surface area contributed by atoms with Gasteiger partial charge in [-0.05, 0) is 25.1 Å². The molecule has 0 radical (unpaired) electrons. The van der Waals surface area contributed by atoms with Crippen LogP contribution < -0.4 is 25.5 Å². The highest BCUT2D eigenvalue weighted by Crippen LogP contribution is 2.24. The predicted molar refractivity (Wildman–Crippen MR) is 113 cm³/mol. The van der Waals surface area contributed by atoms with Gasteiger partial charge in [-0.25, -0.2) is 9.97 Å². The lowest BCUT2D eigenvalue weighted by atomic mass is 10.0. The van der Waals surface area contributed by atoms with Crippen molar-refractivity contribution in [3.8, 4) is 11.6 Å². The van der Waals surface area contributed by atoms with Gasteiger partial charge in [0.25, 0.3) is 5.88 Å². The molecule has 1 fully saturated rings. The lowest BCUT2D eigenvalue weighted by molar-refractivity contribution is -0.119. The molecule has 9 nitrogen and oxygen atoms in total. The van der Waals surface area contributed by atoms with Crippen LogP contribution >= 0.6 is 0 Å². The van der Waals surface area contributed by atoms with Crippen LogP contribution in [0.5, 0.6) is 11.6 Å². The van der Waals surface area contributed by atoms with Crippen LogP contribution in [0.15, 0.2) is 23.5 Å². The predicted octanol–water partition coefficient (Wildman–Crippen LogP) is 0.0111. The third-order valence-corrected chi connectivity index (χ3v) is 5.10. The maximum Gasteiger partial charge on any atom is 0.257 e. The number of imidazole rings is 1. The maximum absolute atomic E-state index is 11.4. The van der Waals surface area contributed by atoms with Gasteiger partial charge in [0.05, 0.1) is 37.3 Å². The molecule has 2 aromatic rings. The highest BCUT2D eigenvalue weighted by molar-refractivity contribution is 6.19. The number of rotatable bonds is 7. The van der Waals surface area contributed by atoms with Crippen LogP contribution in [0.25, 0.3) is 12.3 Å². The molecule has 0 saturated carbocycles. The summed E-state index contributed by atoms with van der Waals surface area (Å²) in [5.74, 6) is 1.15. The third kappa shape index (κ3) is 4.61. The zero-order valence-electron chi connectivity index (χ0n) is 17.9. The molecule has 0 aliphatic carbocycles. The highest BCUT2D eigenvalue weighted by atomic mass is 16.5. The molecule has 3 heterocycles. The van der Waals surface area contributed by atoms with Crippen LogP contribution in [-0.4, -0.2) is 60.1 Å². The average molecular weight is 413 g/mol. The van der Waals surface area contributed by atoms with Crippen molar-refractivity contribution in [2.45, 2.75) is 19.4 Å². The molecule has 3 rings (SSSR count). The number of aryl methyl sites for hydroxylation is 1. The molecular weight excluding hydrogens is 386 g/mol. The molecule has 1 aliphatic rings. The summed E-state index contributed by atoms with van der Waals surface area (Å²) < 4.78 is 18.3. The Morgan fingerprint density at radius 3 is 2.80 bits per heavy atom. The number of nitrogens with zero attached hydrogens (tertiary/aromatic N) is 4. The quantitative estimate of drug-likeness (QED) is 0.642. The van der Waals surface area contributed by atoms with Crippen molar-refractivity contribution < 1.29 is 19.0 Å². The Morgan fingerprint density at radius 1 is 1.37 bits per heavy atom. The number of methoxy groups -OCH3 is 2. The van der Waals surface area contributed by atoms with Gasteiger partial charge in [-0.1, -0.05) is 0 Å². The molecule has 0 spiro atoms. The number of ether oxygens (including phenoxy) is 3. The standard InChI is InChI=1S/C21H27N5O4/c1-13(14-8-20(27)23-10-14)30-11-18-17(24-12-26(18)3)9-16(22-2)15-6-7-19(28-4)21(25-15)29-5/h6-7,9,11-14H,8,10H2,1-5H3,(H,23,27)/b17-9+,18-11-,22-16+. The summed E-state index contributed by atoms with van der Waals surface area (Å²) in [6.07, 6.45) is 5.62. The van der Waals surface area contributed by atoms with E-state index in [1.165, 1.54) is 0 Å². The topological polar surface area (TPSA) is 99.9 Å². The lowest BCUT2D eigenvalue weighted by Crippen LogP contribution is -2.32. The van der Waals surface area contributed by atoms with E-state index in [1.54, 1.807) is 39.9 Å². The lowest BCUT2D eigenvalue weighted by Gasteiger charge is -2.16. The van der Waals surface area contributed by atoms with Crippen molar-refractivity contribution in [3.63, 3.8) is 0 Å². The number of aliphatic imine (C=N–C) groups is 1. The Balaban J connectivity index is 1.91. The first-order chi connectivity index (χ1) is 14.5. The second-order valence-corrected chi connectivity index (χ2v) is 7.01. The van der Waals surface area contributed by atoms with Gasteiger partial charge in [0.2, 0.25) is 5.91 Å². The number of carbonyl (C=O) groups is 1. The highest BCUT2D eigenvalue weighted by Gasteiger charge is 2.27. The van der Waals surface area contributed by atoms with Crippen molar-refractivity contribution in [1.82, 2.24) is 19.9 Å². The first kappa shape index (κ1) is 21.4. The van der Waals surface area contributed by atoms with E-state index in [9.17, 15) is 4.79 Å². The van der Waals surface area contributed by atoms with Gasteiger partial charge < -0.3 is 24.1 Å². The molecule has 2 unspecified atom stereocenters. The second-order valence-electron chi connectivity index (χ2n) is 7.01. The summed E-state index contributed by atoms with van der Waals surface area (Å²) in [5, 5.41) is 4.33. The number of hydrogen-bond donors (Lipinski definition) is 1. The molecule has 160 valence electrons. The van der Waals surface area contributed by atoms with Crippen LogP contribution in [0.1, 0.15) is 19.0 Å². The largest absolute Gasteiger partial charge is 0.496 e. The monoisotopic (exact) mass is 413 g/mol. The fourth-order valence-electron chi connectivity index (χ4n) is 3.21. The van der Waals surface area contributed by atoms with Crippen LogP contribution in [0, 0.1) is 5.92 Å². The minimum atomic E-state index is -0.0986. The zero-order chi connectivity index (χ0) is 21.7. The Bertz CT molecular complexity index is 1060. The molecule has 1 amide bonds. The Labute approximate surface area is 175 Å².